The number of fused-ring (bicyclic) bond motifs is 3. The fraction of sp³-hybridized carbons (Fsp3) is 0.227. The predicted octanol–water partition coefficient (Wildman–Crippen LogP) is 4.89. The molecule has 0 radical (unpaired) electrons. The largest absolute Gasteiger partial charge is 0.309 e. The molecular formula is C22H19BrFN3O. The zero-order chi connectivity index (χ0) is 19.7. The van der Waals surface area contributed by atoms with Gasteiger partial charge in [0.05, 0.1) is 23.5 Å². The van der Waals surface area contributed by atoms with Gasteiger partial charge in [-0.3, -0.25) is 4.79 Å². The van der Waals surface area contributed by atoms with Gasteiger partial charge in [0.2, 0.25) is 5.91 Å². The van der Waals surface area contributed by atoms with E-state index in [4.69, 9.17) is 9.97 Å². The van der Waals surface area contributed by atoms with Crippen LogP contribution in [0.5, 0.6) is 0 Å². The lowest BCUT2D eigenvalue weighted by Gasteiger charge is -2.20. The number of nitrogens with zero attached hydrogens (tertiary/aromatic N) is 2. The molecule has 4 rings (SSSR count). The molecule has 0 aliphatic heterocycles. The monoisotopic (exact) mass is 439 g/mol. The summed E-state index contributed by atoms with van der Waals surface area (Å²) in [4.78, 5) is 22.0. The highest BCUT2D eigenvalue weighted by Gasteiger charge is 2.22. The molecule has 6 heteroatoms. The number of aryl methyl sites for hydroxylation is 3. The quantitative estimate of drug-likeness (QED) is 0.629. The molecule has 0 saturated heterocycles. The van der Waals surface area contributed by atoms with Crippen LogP contribution in [0.15, 0.2) is 46.9 Å². The molecule has 0 atom stereocenters. The minimum Gasteiger partial charge on any atom is -0.309 e. The van der Waals surface area contributed by atoms with Crippen LogP contribution in [0.25, 0.3) is 11.3 Å². The van der Waals surface area contributed by atoms with Crippen molar-refractivity contribution in [2.24, 2.45) is 0 Å². The summed E-state index contributed by atoms with van der Waals surface area (Å²) in [6.45, 7) is 1.98. The van der Waals surface area contributed by atoms with Crippen LogP contribution in [0.1, 0.15) is 29.4 Å². The van der Waals surface area contributed by atoms with Crippen molar-refractivity contribution < 1.29 is 9.18 Å². The maximum Gasteiger partial charge on any atom is 0.229 e. The zero-order valence-corrected chi connectivity index (χ0v) is 17.0. The second-order valence-corrected chi connectivity index (χ2v) is 7.74. The van der Waals surface area contributed by atoms with Crippen molar-refractivity contribution in [1.29, 1.82) is 0 Å². The molecule has 2 aromatic carbocycles. The van der Waals surface area contributed by atoms with E-state index in [1.807, 2.05) is 31.2 Å². The third-order valence-electron chi connectivity index (χ3n) is 4.86. The van der Waals surface area contributed by atoms with Crippen LogP contribution in [0, 0.1) is 5.82 Å². The van der Waals surface area contributed by atoms with Crippen molar-refractivity contribution in [3.63, 3.8) is 0 Å². The minimum atomic E-state index is -0.234. The van der Waals surface area contributed by atoms with Crippen LogP contribution < -0.4 is 5.32 Å². The van der Waals surface area contributed by atoms with E-state index in [-0.39, 0.29) is 18.1 Å². The third-order valence-corrected chi connectivity index (χ3v) is 5.39. The summed E-state index contributed by atoms with van der Waals surface area (Å²) in [5.41, 5.74) is 5.19. The van der Waals surface area contributed by atoms with E-state index in [0.717, 1.165) is 38.2 Å². The molecule has 3 aromatic rings. The van der Waals surface area contributed by atoms with Crippen molar-refractivity contribution in [3.8, 4) is 11.3 Å². The first-order valence-electron chi connectivity index (χ1n) is 9.26. The van der Waals surface area contributed by atoms with E-state index < -0.39 is 0 Å². The highest BCUT2D eigenvalue weighted by molar-refractivity contribution is 9.10. The average molecular weight is 440 g/mol. The average Bonchev–Trinajstić information content (AvgIpc) is 2.68. The van der Waals surface area contributed by atoms with E-state index in [2.05, 4.69) is 21.2 Å². The van der Waals surface area contributed by atoms with Crippen molar-refractivity contribution in [3.05, 3.63) is 75.3 Å². The van der Waals surface area contributed by atoms with Gasteiger partial charge < -0.3 is 5.32 Å². The summed E-state index contributed by atoms with van der Waals surface area (Å²) >= 11 is 3.40. The number of carbonyl (C=O) groups is 1. The second kappa shape index (κ2) is 7.80. The Hall–Kier alpha value is -2.60. The fourth-order valence-corrected chi connectivity index (χ4v) is 3.72. The van der Waals surface area contributed by atoms with Crippen molar-refractivity contribution >= 4 is 27.7 Å². The van der Waals surface area contributed by atoms with Crippen LogP contribution in [0.3, 0.4) is 0 Å². The van der Waals surface area contributed by atoms with Gasteiger partial charge in [-0.2, -0.15) is 0 Å². The molecule has 1 heterocycles. The number of halogens is 2. The molecule has 0 spiro atoms. The van der Waals surface area contributed by atoms with E-state index in [1.165, 1.54) is 6.07 Å². The van der Waals surface area contributed by atoms with Crippen molar-refractivity contribution in [1.82, 2.24) is 9.97 Å². The van der Waals surface area contributed by atoms with Gasteiger partial charge in [-0.15, -0.1) is 0 Å². The summed E-state index contributed by atoms with van der Waals surface area (Å²) in [6, 6.07) is 12.5. The smallest absolute Gasteiger partial charge is 0.229 e. The maximum atomic E-state index is 13.5. The van der Waals surface area contributed by atoms with Gasteiger partial charge in [0.1, 0.15) is 5.82 Å². The molecule has 1 aliphatic rings. The van der Waals surface area contributed by atoms with Gasteiger partial charge in [0.25, 0.3) is 0 Å². The Labute approximate surface area is 171 Å². The number of hydrogen-bond acceptors (Lipinski definition) is 3. The second-order valence-electron chi connectivity index (χ2n) is 6.82. The van der Waals surface area contributed by atoms with E-state index in [1.54, 1.807) is 12.1 Å². The van der Waals surface area contributed by atoms with Crippen LogP contribution in [0.2, 0.25) is 0 Å². The van der Waals surface area contributed by atoms with Gasteiger partial charge in [-0.05, 0) is 60.7 Å². The summed E-state index contributed by atoms with van der Waals surface area (Å²) in [5, 5.41) is 2.92. The molecule has 1 amide bonds. The van der Waals surface area contributed by atoms with Crippen LogP contribution >= 0.6 is 15.9 Å². The van der Waals surface area contributed by atoms with Gasteiger partial charge in [-0.1, -0.05) is 35.0 Å². The first-order valence-corrected chi connectivity index (χ1v) is 10.1. The maximum absolute atomic E-state index is 13.5. The predicted molar refractivity (Wildman–Crippen MR) is 111 cm³/mol. The topological polar surface area (TPSA) is 54.9 Å². The standard InChI is InChI=1S/C22H19BrFN3O/c1-2-18-22(27-20(28)11-13-3-6-15(23)7-4-13)26-19-10-5-14-12-16(24)8-9-17(14)21(19)25-18/h3-4,6-9,12H,2,5,10-11H2,1H3,(H,26,27,28). The van der Waals surface area contributed by atoms with Gasteiger partial charge in [0, 0.05) is 10.0 Å². The van der Waals surface area contributed by atoms with Crippen LogP contribution in [-0.4, -0.2) is 15.9 Å². The van der Waals surface area contributed by atoms with Gasteiger partial charge in [0.15, 0.2) is 5.82 Å². The van der Waals surface area contributed by atoms with Crippen molar-refractivity contribution in [2.45, 2.75) is 32.6 Å². The Morgan fingerprint density at radius 2 is 1.93 bits per heavy atom. The number of rotatable bonds is 4. The highest BCUT2D eigenvalue weighted by atomic mass is 79.9. The zero-order valence-electron chi connectivity index (χ0n) is 15.4. The lowest BCUT2D eigenvalue weighted by Crippen LogP contribution is -2.19. The lowest BCUT2D eigenvalue weighted by molar-refractivity contribution is -0.115. The number of amides is 1. The molecule has 0 saturated carbocycles. The Kier molecular flexibility index (Phi) is 5.22. The molecular weight excluding hydrogens is 421 g/mol. The highest BCUT2D eigenvalue weighted by Crippen LogP contribution is 2.33. The lowest BCUT2D eigenvalue weighted by atomic mass is 9.91. The normalized spacial score (nSPS) is 12.2. The van der Waals surface area contributed by atoms with E-state index in [0.29, 0.717) is 25.1 Å². The molecule has 28 heavy (non-hydrogen) atoms. The molecule has 1 N–H and O–H groups in total. The summed E-state index contributed by atoms with van der Waals surface area (Å²) in [6.07, 6.45) is 2.31. The summed E-state index contributed by atoms with van der Waals surface area (Å²) in [7, 11) is 0. The number of nitrogens with one attached hydrogen (secondary N) is 1. The summed E-state index contributed by atoms with van der Waals surface area (Å²) < 4.78 is 14.5. The number of anilines is 1. The molecule has 0 bridgehead atoms. The summed E-state index contributed by atoms with van der Waals surface area (Å²) in [5.74, 6) is 0.168. The molecule has 1 aromatic heterocycles. The number of aromatic nitrogens is 2. The number of carbonyl (C=O) groups excluding carboxylic acids is 1. The SMILES string of the molecule is CCc1nc2c(nc1NC(=O)Cc1ccc(Br)cc1)CCc1cc(F)ccc1-2. The number of hydrogen-bond donors (Lipinski definition) is 1. The minimum absolute atomic E-state index is 0.121. The number of benzene rings is 2. The first kappa shape index (κ1) is 18.7. The molecule has 142 valence electrons. The Morgan fingerprint density at radius 1 is 1.14 bits per heavy atom. The van der Waals surface area contributed by atoms with Crippen LogP contribution in [0.4, 0.5) is 10.2 Å². The van der Waals surface area contributed by atoms with Crippen molar-refractivity contribution in [2.75, 3.05) is 5.32 Å². The Balaban J connectivity index is 1.61. The fourth-order valence-electron chi connectivity index (χ4n) is 3.46. The Morgan fingerprint density at radius 3 is 2.68 bits per heavy atom. The van der Waals surface area contributed by atoms with E-state index >= 15 is 0 Å². The Bertz CT molecular complexity index is 1050. The third kappa shape index (κ3) is 3.83. The molecule has 0 fully saturated rings. The van der Waals surface area contributed by atoms with Crippen LogP contribution in [-0.2, 0) is 30.5 Å². The molecule has 1 aliphatic carbocycles. The molecule has 4 nitrogen and oxygen atoms in total. The van der Waals surface area contributed by atoms with Gasteiger partial charge >= 0.3 is 0 Å². The van der Waals surface area contributed by atoms with E-state index in [9.17, 15) is 9.18 Å². The van der Waals surface area contributed by atoms with Gasteiger partial charge in [-0.25, -0.2) is 14.4 Å². The first-order chi connectivity index (χ1) is 13.5. The molecule has 0 unspecified atom stereocenters.